The number of likely N-dealkylation sites (N-methyl/N-ethyl adjacent to an activating group) is 1. The van der Waals surface area contributed by atoms with Gasteiger partial charge in [0.25, 0.3) is 0 Å². The molecule has 3 aromatic rings. The fourth-order valence-corrected chi connectivity index (χ4v) is 6.19. The van der Waals surface area contributed by atoms with Crippen molar-refractivity contribution in [3.63, 3.8) is 0 Å². The summed E-state index contributed by atoms with van der Waals surface area (Å²) in [5.74, 6) is 2.50. The predicted molar refractivity (Wildman–Crippen MR) is 121 cm³/mol. The third-order valence-electron chi connectivity index (χ3n) is 5.68. The largest absolute Gasteiger partial charge is 0.437 e. The number of hydrogen-bond donors (Lipinski definition) is 0. The molecule has 148 valence electrons. The van der Waals surface area contributed by atoms with Gasteiger partial charge in [0.2, 0.25) is 0 Å². The number of aryl methyl sites for hydroxylation is 1. The third kappa shape index (κ3) is 3.41. The number of benzene rings is 3. The summed E-state index contributed by atoms with van der Waals surface area (Å²) in [7, 11) is -1.29. The van der Waals surface area contributed by atoms with E-state index in [1.54, 1.807) is 0 Å². The Bertz CT molecular complexity index is 1120. The first kappa shape index (κ1) is 19.5. The monoisotopic (exact) mass is 403 g/mol. The highest BCUT2D eigenvalue weighted by Crippen LogP contribution is 2.55. The quantitative estimate of drug-likeness (QED) is 0.483. The zero-order valence-electron chi connectivity index (χ0n) is 17.3. The lowest BCUT2D eigenvalue weighted by atomic mass is 9.84. The molecular weight excluding hydrogens is 377 g/mol. The minimum absolute atomic E-state index is 0.273. The van der Waals surface area contributed by atoms with Crippen molar-refractivity contribution in [1.82, 2.24) is 0 Å². The normalized spacial score (nSPS) is 18.3. The van der Waals surface area contributed by atoms with Gasteiger partial charge in [0, 0.05) is 29.7 Å². The van der Waals surface area contributed by atoms with E-state index in [1.807, 2.05) is 80.5 Å². The Labute approximate surface area is 173 Å². The average molecular weight is 403 g/mol. The van der Waals surface area contributed by atoms with Crippen molar-refractivity contribution in [2.45, 2.75) is 26.2 Å². The lowest BCUT2D eigenvalue weighted by Gasteiger charge is -2.27. The van der Waals surface area contributed by atoms with Gasteiger partial charge in [0.15, 0.2) is 0 Å². The van der Waals surface area contributed by atoms with Gasteiger partial charge in [-0.25, -0.2) is 0 Å². The highest BCUT2D eigenvalue weighted by molar-refractivity contribution is 7.70. The van der Waals surface area contributed by atoms with Gasteiger partial charge in [-0.3, -0.25) is 4.57 Å². The minimum atomic E-state index is -3.32. The Hall–Kier alpha value is -2.77. The van der Waals surface area contributed by atoms with Crippen molar-refractivity contribution in [2.24, 2.45) is 0 Å². The number of para-hydroxylation sites is 2. The van der Waals surface area contributed by atoms with Crippen LogP contribution in [0.2, 0.25) is 0 Å². The molecule has 3 aromatic carbocycles. The molecule has 0 radical (unpaired) electrons. The molecule has 0 amide bonds. The van der Waals surface area contributed by atoms with Gasteiger partial charge in [-0.1, -0.05) is 68.4 Å². The fraction of sp³-hybridized carbons (Fsp3) is 0.200. The van der Waals surface area contributed by atoms with Gasteiger partial charge in [0.1, 0.15) is 5.75 Å². The van der Waals surface area contributed by atoms with Crippen molar-refractivity contribution in [3.05, 3.63) is 102 Å². The van der Waals surface area contributed by atoms with Crippen molar-refractivity contribution < 1.29 is 9.09 Å². The molecule has 1 atom stereocenters. The molecule has 4 rings (SSSR count). The molecule has 29 heavy (non-hydrogen) atoms. The van der Waals surface area contributed by atoms with E-state index in [0.29, 0.717) is 11.1 Å². The topological polar surface area (TPSA) is 29.5 Å². The van der Waals surface area contributed by atoms with Crippen LogP contribution in [0.1, 0.15) is 25.0 Å². The van der Waals surface area contributed by atoms with Crippen LogP contribution in [0.4, 0.5) is 5.69 Å². The molecular formula is C25H26NO2P. The molecule has 4 heteroatoms. The van der Waals surface area contributed by atoms with Crippen molar-refractivity contribution >= 4 is 18.4 Å². The molecule has 1 heterocycles. The van der Waals surface area contributed by atoms with Crippen LogP contribution in [-0.2, 0) is 9.98 Å². The number of anilines is 1. The molecule has 0 N–H and O–H groups in total. The number of allylic oxidation sites excluding steroid dienone is 1. The second kappa shape index (κ2) is 7.24. The van der Waals surface area contributed by atoms with E-state index >= 15 is 0 Å². The van der Waals surface area contributed by atoms with Gasteiger partial charge in [0.05, 0.1) is 5.30 Å². The van der Waals surface area contributed by atoms with E-state index in [1.165, 1.54) is 5.56 Å². The van der Waals surface area contributed by atoms with E-state index < -0.39 is 7.37 Å². The van der Waals surface area contributed by atoms with Gasteiger partial charge in [-0.05, 0) is 42.3 Å². The van der Waals surface area contributed by atoms with Crippen molar-refractivity contribution in [3.8, 4) is 5.75 Å². The molecule has 1 aliphatic rings. The smallest absolute Gasteiger partial charge is 0.301 e. The van der Waals surface area contributed by atoms with E-state index in [2.05, 4.69) is 36.9 Å². The maximum absolute atomic E-state index is 14.4. The highest BCUT2D eigenvalue weighted by atomic mass is 31.2. The summed E-state index contributed by atoms with van der Waals surface area (Å²) >= 11 is 0. The molecule has 0 aromatic heterocycles. The maximum atomic E-state index is 14.4. The molecule has 3 nitrogen and oxygen atoms in total. The SMILES string of the molecule is Cc1ccccc1OP(=O)(C=C1N(C)c2ccccc2C1(C)C)c1ccccc1. The summed E-state index contributed by atoms with van der Waals surface area (Å²) in [5, 5.41) is 0.691. The van der Waals surface area contributed by atoms with E-state index in [0.717, 1.165) is 16.9 Å². The molecule has 1 aliphatic heterocycles. The van der Waals surface area contributed by atoms with Crippen LogP contribution < -0.4 is 14.7 Å². The first-order valence-corrected chi connectivity index (χ1v) is 11.5. The molecule has 0 saturated carbocycles. The number of rotatable bonds is 4. The second-order valence-corrected chi connectivity index (χ2v) is 10.2. The van der Waals surface area contributed by atoms with Gasteiger partial charge >= 0.3 is 7.37 Å². The Morgan fingerprint density at radius 3 is 2.21 bits per heavy atom. The van der Waals surface area contributed by atoms with Crippen LogP contribution in [-0.4, -0.2) is 7.05 Å². The van der Waals surface area contributed by atoms with Crippen LogP contribution in [0, 0.1) is 6.92 Å². The van der Waals surface area contributed by atoms with Gasteiger partial charge < -0.3 is 9.42 Å². The molecule has 1 unspecified atom stereocenters. The Kier molecular flexibility index (Phi) is 4.88. The molecule has 0 aliphatic carbocycles. The predicted octanol–water partition coefficient (Wildman–Crippen LogP) is 6.25. The van der Waals surface area contributed by atoms with Gasteiger partial charge in [-0.15, -0.1) is 0 Å². The average Bonchev–Trinajstić information content (AvgIpc) is 2.91. The number of fused-ring (bicyclic) bond motifs is 1. The summed E-state index contributed by atoms with van der Waals surface area (Å²) < 4.78 is 20.6. The number of hydrogen-bond acceptors (Lipinski definition) is 3. The van der Waals surface area contributed by atoms with Crippen molar-refractivity contribution in [2.75, 3.05) is 11.9 Å². The van der Waals surface area contributed by atoms with E-state index in [9.17, 15) is 4.57 Å². The summed E-state index contributed by atoms with van der Waals surface area (Å²) in [5.41, 5.74) is 4.04. The number of nitrogens with zero attached hydrogens (tertiary/aromatic N) is 1. The fourth-order valence-electron chi connectivity index (χ4n) is 3.98. The summed E-state index contributed by atoms with van der Waals surface area (Å²) in [6.45, 7) is 6.31. The molecule has 0 bridgehead atoms. The Balaban J connectivity index is 1.87. The van der Waals surface area contributed by atoms with E-state index in [4.69, 9.17) is 4.52 Å². The van der Waals surface area contributed by atoms with Gasteiger partial charge in [-0.2, -0.15) is 0 Å². The highest BCUT2D eigenvalue weighted by Gasteiger charge is 2.41. The first-order valence-electron chi connectivity index (χ1n) is 9.80. The Morgan fingerprint density at radius 2 is 1.52 bits per heavy atom. The second-order valence-electron chi connectivity index (χ2n) is 8.00. The lowest BCUT2D eigenvalue weighted by molar-refractivity contribution is 0.498. The Morgan fingerprint density at radius 1 is 0.897 bits per heavy atom. The van der Waals surface area contributed by atoms with Crippen LogP contribution in [0.3, 0.4) is 0 Å². The van der Waals surface area contributed by atoms with Crippen LogP contribution in [0.15, 0.2) is 90.4 Å². The van der Waals surface area contributed by atoms with Crippen LogP contribution >= 0.6 is 7.37 Å². The zero-order chi connectivity index (χ0) is 20.6. The molecule has 0 saturated heterocycles. The first-order chi connectivity index (χ1) is 13.8. The zero-order valence-corrected chi connectivity index (χ0v) is 18.2. The van der Waals surface area contributed by atoms with Crippen LogP contribution in [0.5, 0.6) is 5.75 Å². The van der Waals surface area contributed by atoms with Crippen molar-refractivity contribution in [1.29, 1.82) is 0 Å². The summed E-state index contributed by atoms with van der Waals surface area (Å²) in [6, 6.07) is 25.5. The molecule has 0 fully saturated rings. The maximum Gasteiger partial charge on any atom is 0.301 e. The van der Waals surface area contributed by atoms with E-state index in [-0.39, 0.29) is 5.41 Å². The lowest BCUT2D eigenvalue weighted by Crippen LogP contribution is -2.24. The third-order valence-corrected chi connectivity index (χ3v) is 7.75. The summed E-state index contributed by atoms with van der Waals surface area (Å²) in [4.78, 5) is 2.13. The minimum Gasteiger partial charge on any atom is -0.437 e. The standard InChI is InChI=1S/C25H26NO2P/c1-19-12-8-11-17-23(19)28-29(27,20-13-6-5-7-14-20)18-24-25(2,3)21-15-9-10-16-22(21)26(24)4/h5-18H,1-4H3. The summed E-state index contributed by atoms with van der Waals surface area (Å²) in [6.07, 6.45) is 0. The van der Waals surface area contributed by atoms with Crippen LogP contribution in [0.25, 0.3) is 0 Å². The molecule has 0 spiro atoms.